The van der Waals surface area contributed by atoms with E-state index in [-0.39, 0.29) is 11.9 Å². The summed E-state index contributed by atoms with van der Waals surface area (Å²) in [6.45, 7) is 7.00. The molecule has 2 aliphatic rings. The van der Waals surface area contributed by atoms with Gasteiger partial charge in [-0.05, 0) is 43.5 Å². The van der Waals surface area contributed by atoms with Crippen LogP contribution in [0.1, 0.15) is 24.5 Å². The topological polar surface area (TPSA) is 35.6 Å². The Morgan fingerprint density at radius 2 is 2.14 bits per heavy atom. The fourth-order valence-corrected chi connectivity index (χ4v) is 3.60. The van der Waals surface area contributed by atoms with Crippen LogP contribution in [0.2, 0.25) is 0 Å². The minimum Gasteiger partial charge on any atom is -0.341 e. The number of fused-ring (bicyclic) bond motifs is 1. The molecule has 0 aromatic heterocycles. The molecule has 1 fully saturated rings. The fraction of sp³-hybridized carbons (Fsp3) is 0.611. The van der Waals surface area contributed by atoms with Crippen molar-refractivity contribution >= 4 is 5.91 Å². The van der Waals surface area contributed by atoms with Crippen LogP contribution in [-0.4, -0.2) is 55.0 Å². The third-order valence-corrected chi connectivity index (χ3v) is 5.09. The second-order valence-electron chi connectivity index (χ2n) is 6.70. The molecule has 2 heterocycles. The molecule has 22 heavy (non-hydrogen) atoms. The zero-order chi connectivity index (χ0) is 15.5. The number of hydrogen-bond acceptors (Lipinski definition) is 3. The number of hydrogen-bond donors (Lipinski definition) is 1. The number of nitrogens with one attached hydrogen (secondary N) is 1. The average molecular weight is 301 g/mol. The molecule has 4 heteroatoms. The summed E-state index contributed by atoms with van der Waals surface area (Å²) < 4.78 is 0. The molecular weight excluding hydrogens is 274 g/mol. The lowest BCUT2D eigenvalue weighted by Gasteiger charge is -2.29. The van der Waals surface area contributed by atoms with E-state index in [4.69, 9.17) is 0 Å². The Morgan fingerprint density at radius 3 is 2.91 bits per heavy atom. The predicted molar refractivity (Wildman–Crippen MR) is 88.6 cm³/mol. The van der Waals surface area contributed by atoms with Gasteiger partial charge in [0.25, 0.3) is 0 Å². The van der Waals surface area contributed by atoms with Gasteiger partial charge < -0.3 is 15.1 Å². The molecule has 1 aromatic carbocycles. The van der Waals surface area contributed by atoms with Gasteiger partial charge in [0.15, 0.2) is 0 Å². The van der Waals surface area contributed by atoms with E-state index < -0.39 is 0 Å². The van der Waals surface area contributed by atoms with Crippen molar-refractivity contribution < 1.29 is 4.79 Å². The summed E-state index contributed by atoms with van der Waals surface area (Å²) in [5.41, 5.74) is 2.65. The van der Waals surface area contributed by atoms with E-state index in [0.29, 0.717) is 5.92 Å². The summed E-state index contributed by atoms with van der Waals surface area (Å²) in [6, 6.07) is 8.39. The molecule has 2 aliphatic heterocycles. The van der Waals surface area contributed by atoms with Crippen molar-refractivity contribution in [2.45, 2.75) is 32.4 Å². The van der Waals surface area contributed by atoms with Crippen LogP contribution in [0.25, 0.3) is 0 Å². The van der Waals surface area contributed by atoms with Gasteiger partial charge in [0.1, 0.15) is 0 Å². The maximum absolute atomic E-state index is 12.8. The molecule has 1 amide bonds. The van der Waals surface area contributed by atoms with E-state index in [1.807, 2.05) is 0 Å². The molecule has 1 aromatic rings. The molecule has 4 nitrogen and oxygen atoms in total. The number of benzene rings is 1. The van der Waals surface area contributed by atoms with Crippen LogP contribution in [0, 0.1) is 5.92 Å². The molecule has 0 saturated carbocycles. The van der Waals surface area contributed by atoms with Crippen molar-refractivity contribution in [3.05, 3.63) is 35.4 Å². The highest BCUT2D eigenvalue weighted by molar-refractivity contribution is 5.82. The second-order valence-corrected chi connectivity index (χ2v) is 6.70. The molecule has 0 aliphatic carbocycles. The van der Waals surface area contributed by atoms with Crippen molar-refractivity contribution in [2.24, 2.45) is 5.92 Å². The van der Waals surface area contributed by atoms with E-state index in [2.05, 4.69) is 53.4 Å². The van der Waals surface area contributed by atoms with E-state index in [1.54, 1.807) is 0 Å². The van der Waals surface area contributed by atoms with E-state index in [1.165, 1.54) is 11.1 Å². The Kier molecular flexibility index (Phi) is 4.79. The van der Waals surface area contributed by atoms with Crippen LogP contribution < -0.4 is 5.32 Å². The van der Waals surface area contributed by atoms with Gasteiger partial charge in [0, 0.05) is 26.2 Å². The Hall–Kier alpha value is -1.39. The van der Waals surface area contributed by atoms with Crippen molar-refractivity contribution in [3.8, 4) is 0 Å². The number of carbonyl (C=O) groups is 1. The minimum absolute atomic E-state index is 0.0439. The van der Waals surface area contributed by atoms with Crippen molar-refractivity contribution in [1.29, 1.82) is 0 Å². The quantitative estimate of drug-likeness (QED) is 0.915. The largest absolute Gasteiger partial charge is 0.341 e. The standard InChI is InChI=1S/C18H27N3O/c1-3-20(2)12-14-8-9-21(13-14)18(22)17-10-15-6-4-5-7-16(15)11-19-17/h4-7,14,17,19H,3,8-13H2,1-2H3. The number of nitrogens with zero attached hydrogens (tertiary/aromatic N) is 2. The number of carbonyl (C=O) groups excluding carboxylic acids is 1. The SMILES string of the molecule is CCN(C)CC1CCN(C(=O)C2Cc3ccccc3CN2)C1. The van der Waals surface area contributed by atoms with Gasteiger partial charge in [-0.1, -0.05) is 31.2 Å². The van der Waals surface area contributed by atoms with Gasteiger partial charge in [-0.2, -0.15) is 0 Å². The maximum atomic E-state index is 12.8. The highest BCUT2D eigenvalue weighted by atomic mass is 16.2. The first-order valence-electron chi connectivity index (χ1n) is 8.45. The third kappa shape index (κ3) is 3.33. The summed E-state index contributed by atoms with van der Waals surface area (Å²) >= 11 is 0. The molecule has 1 saturated heterocycles. The van der Waals surface area contributed by atoms with E-state index in [0.717, 1.165) is 45.6 Å². The number of rotatable bonds is 4. The Morgan fingerprint density at radius 1 is 1.36 bits per heavy atom. The van der Waals surface area contributed by atoms with Crippen LogP contribution in [0.15, 0.2) is 24.3 Å². The van der Waals surface area contributed by atoms with Gasteiger partial charge in [-0.25, -0.2) is 0 Å². The molecule has 2 atom stereocenters. The first kappa shape index (κ1) is 15.5. The summed E-state index contributed by atoms with van der Waals surface area (Å²) in [7, 11) is 2.16. The molecule has 0 radical (unpaired) electrons. The van der Waals surface area contributed by atoms with Gasteiger partial charge in [0.05, 0.1) is 6.04 Å². The van der Waals surface area contributed by atoms with Gasteiger partial charge in [0.2, 0.25) is 5.91 Å². The normalized spacial score (nSPS) is 24.6. The average Bonchev–Trinajstić information content (AvgIpc) is 3.02. The van der Waals surface area contributed by atoms with Crippen LogP contribution in [0.5, 0.6) is 0 Å². The summed E-state index contributed by atoms with van der Waals surface area (Å²) in [5.74, 6) is 0.918. The zero-order valence-corrected chi connectivity index (χ0v) is 13.7. The summed E-state index contributed by atoms with van der Waals surface area (Å²) in [5, 5.41) is 3.42. The molecular formula is C18H27N3O. The lowest BCUT2D eigenvalue weighted by atomic mass is 9.95. The van der Waals surface area contributed by atoms with Crippen LogP contribution in [-0.2, 0) is 17.8 Å². The Labute approximate surface area is 133 Å². The lowest BCUT2D eigenvalue weighted by molar-refractivity contribution is -0.132. The van der Waals surface area contributed by atoms with Crippen LogP contribution in [0.4, 0.5) is 0 Å². The van der Waals surface area contributed by atoms with E-state index >= 15 is 0 Å². The molecule has 0 spiro atoms. The van der Waals surface area contributed by atoms with E-state index in [9.17, 15) is 4.79 Å². The highest BCUT2D eigenvalue weighted by Gasteiger charge is 2.32. The highest BCUT2D eigenvalue weighted by Crippen LogP contribution is 2.21. The summed E-state index contributed by atoms with van der Waals surface area (Å²) in [4.78, 5) is 17.2. The number of amides is 1. The maximum Gasteiger partial charge on any atom is 0.240 e. The van der Waals surface area contributed by atoms with Crippen molar-refractivity contribution in [1.82, 2.24) is 15.1 Å². The lowest BCUT2D eigenvalue weighted by Crippen LogP contribution is -2.49. The Bertz CT molecular complexity index is 531. The van der Waals surface area contributed by atoms with Crippen molar-refractivity contribution in [3.63, 3.8) is 0 Å². The number of likely N-dealkylation sites (tertiary alicyclic amines) is 1. The molecule has 0 bridgehead atoms. The smallest absolute Gasteiger partial charge is 0.240 e. The van der Waals surface area contributed by atoms with Gasteiger partial charge in [-0.3, -0.25) is 4.79 Å². The van der Waals surface area contributed by atoms with Crippen LogP contribution in [0.3, 0.4) is 0 Å². The Balaban J connectivity index is 1.57. The molecule has 3 rings (SSSR count). The molecule has 120 valence electrons. The van der Waals surface area contributed by atoms with Crippen LogP contribution >= 0.6 is 0 Å². The predicted octanol–water partition coefficient (Wildman–Crippen LogP) is 1.50. The first-order valence-corrected chi connectivity index (χ1v) is 8.45. The molecule has 2 unspecified atom stereocenters. The minimum atomic E-state index is -0.0439. The van der Waals surface area contributed by atoms with Gasteiger partial charge >= 0.3 is 0 Å². The third-order valence-electron chi connectivity index (χ3n) is 5.09. The van der Waals surface area contributed by atoms with Crippen molar-refractivity contribution in [2.75, 3.05) is 33.2 Å². The zero-order valence-electron chi connectivity index (χ0n) is 13.7. The summed E-state index contributed by atoms with van der Waals surface area (Å²) in [6.07, 6.45) is 1.96. The molecule has 1 N–H and O–H groups in total. The second kappa shape index (κ2) is 6.80. The first-order chi connectivity index (χ1) is 10.7. The monoisotopic (exact) mass is 301 g/mol. The fourth-order valence-electron chi connectivity index (χ4n) is 3.60. The van der Waals surface area contributed by atoms with Gasteiger partial charge in [-0.15, -0.1) is 0 Å².